The van der Waals surface area contributed by atoms with Crippen LogP contribution < -0.4 is 10.6 Å². The smallest absolute Gasteiger partial charge is 0.0410 e. The van der Waals surface area contributed by atoms with Crippen LogP contribution in [0.2, 0.25) is 5.02 Å². The first-order chi connectivity index (χ1) is 9.63. The van der Waals surface area contributed by atoms with E-state index in [0.29, 0.717) is 0 Å². The van der Waals surface area contributed by atoms with E-state index in [1.54, 1.807) is 0 Å². The Kier molecular flexibility index (Phi) is 5.74. The second kappa shape index (κ2) is 7.33. The molecule has 2 nitrogen and oxygen atoms in total. The summed E-state index contributed by atoms with van der Waals surface area (Å²) in [6.45, 7) is 6.69. The maximum Gasteiger partial charge on any atom is 0.0410 e. The van der Waals surface area contributed by atoms with Crippen LogP contribution in [-0.2, 0) is 6.42 Å². The maximum absolute atomic E-state index is 6.18. The van der Waals surface area contributed by atoms with Crippen molar-refractivity contribution in [2.45, 2.75) is 52.0 Å². The third-order valence-electron chi connectivity index (χ3n) is 4.06. The van der Waals surface area contributed by atoms with Gasteiger partial charge in [0, 0.05) is 29.8 Å². The number of halogens is 1. The molecule has 0 bridgehead atoms. The molecule has 0 saturated heterocycles. The monoisotopic (exact) mass is 294 g/mol. The molecule has 3 heteroatoms. The van der Waals surface area contributed by atoms with Crippen molar-refractivity contribution in [3.63, 3.8) is 0 Å². The van der Waals surface area contributed by atoms with Crippen molar-refractivity contribution >= 4 is 17.3 Å². The fourth-order valence-electron chi connectivity index (χ4n) is 2.64. The minimum absolute atomic E-state index is 0.219. The Morgan fingerprint density at radius 1 is 1.35 bits per heavy atom. The molecule has 0 aliphatic heterocycles. The summed E-state index contributed by atoms with van der Waals surface area (Å²) in [7, 11) is 0. The molecule has 2 rings (SSSR count). The molecular weight excluding hydrogens is 268 g/mol. The molecular formula is C17H27ClN2. The summed E-state index contributed by atoms with van der Waals surface area (Å²) in [5.41, 5.74) is 8.80. The van der Waals surface area contributed by atoms with Crippen LogP contribution in [0.25, 0.3) is 0 Å². The van der Waals surface area contributed by atoms with Crippen molar-refractivity contribution < 1.29 is 0 Å². The van der Waals surface area contributed by atoms with Crippen molar-refractivity contribution in [1.29, 1.82) is 0 Å². The third-order valence-corrected chi connectivity index (χ3v) is 4.29. The van der Waals surface area contributed by atoms with Crippen LogP contribution >= 0.6 is 11.6 Å². The van der Waals surface area contributed by atoms with E-state index in [9.17, 15) is 0 Å². The highest BCUT2D eigenvalue weighted by atomic mass is 35.5. The lowest BCUT2D eigenvalue weighted by Crippen LogP contribution is -2.29. The number of rotatable bonds is 8. The molecule has 1 aromatic rings. The van der Waals surface area contributed by atoms with E-state index in [-0.39, 0.29) is 6.04 Å². The van der Waals surface area contributed by atoms with E-state index >= 15 is 0 Å². The minimum Gasteiger partial charge on any atom is -0.371 e. The average molecular weight is 295 g/mol. The standard InChI is InChI=1S/C17H27ClN2/c1-3-9-20(12-13-5-6-13)17-8-7-15(18)10-14(17)11-16(19)4-2/h7-8,10,13,16H,3-6,9,11-12,19H2,1-2H3. The molecule has 0 radical (unpaired) electrons. The highest BCUT2D eigenvalue weighted by molar-refractivity contribution is 6.30. The average Bonchev–Trinajstić information content (AvgIpc) is 3.22. The summed E-state index contributed by atoms with van der Waals surface area (Å²) in [5.74, 6) is 0.893. The Hall–Kier alpha value is -0.730. The molecule has 1 aliphatic carbocycles. The Labute approximate surface area is 128 Å². The molecule has 0 spiro atoms. The SMILES string of the molecule is CCCN(CC1CC1)c1ccc(Cl)cc1CC(N)CC. The number of anilines is 1. The van der Waals surface area contributed by atoms with Crippen molar-refractivity contribution in [2.75, 3.05) is 18.0 Å². The quantitative estimate of drug-likeness (QED) is 0.777. The zero-order valence-corrected chi connectivity index (χ0v) is 13.5. The van der Waals surface area contributed by atoms with Gasteiger partial charge in [0.2, 0.25) is 0 Å². The second-order valence-electron chi connectivity index (χ2n) is 6.03. The Bertz CT molecular complexity index is 429. The summed E-state index contributed by atoms with van der Waals surface area (Å²) in [6, 6.07) is 6.50. The van der Waals surface area contributed by atoms with E-state index in [2.05, 4.69) is 30.9 Å². The first-order valence-corrected chi connectivity index (χ1v) is 8.30. The number of hydrogen-bond donors (Lipinski definition) is 1. The number of nitrogens with two attached hydrogens (primary N) is 1. The maximum atomic E-state index is 6.18. The van der Waals surface area contributed by atoms with Crippen LogP contribution in [0.5, 0.6) is 0 Å². The van der Waals surface area contributed by atoms with Gasteiger partial charge in [0.25, 0.3) is 0 Å². The third kappa shape index (κ3) is 4.39. The molecule has 1 aliphatic rings. The molecule has 112 valence electrons. The van der Waals surface area contributed by atoms with Gasteiger partial charge in [-0.1, -0.05) is 25.4 Å². The molecule has 2 N–H and O–H groups in total. The van der Waals surface area contributed by atoms with Crippen LogP contribution in [0.15, 0.2) is 18.2 Å². The first kappa shape index (κ1) is 15.7. The zero-order chi connectivity index (χ0) is 14.5. The first-order valence-electron chi connectivity index (χ1n) is 7.93. The highest BCUT2D eigenvalue weighted by Gasteiger charge is 2.25. The molecule has 0 aromatic heterocycles. The fraction of sp³-hybridized carbons (Fsp3) is 0.647. The number of benzene rings is 1. The van der Waals surface area contributed by atoms with Crippen molar-refractivity contribution in [2.24, 2.45) is 11.7 Å². The van der Waals surface area contributed by atoms with Gasteiger partial charge < -0.3 is 10.6 Å². The fourth-order valence-corrected chi connectivity index (χ4v) is 2.84. The normalized spacial score (nSPS) is 16.2. The van der Waals surface area contributed by atoms with Crippen molar-refractivity contribution in [1.82, 2.24) is 0 Å². The van der Waals surface area contributed by atoms with Crippen molar-refractivity contribution in [3.05, 3.63) is 28.8 Å². The second-order valence-corrected chi connectivity index (χ2v) is 6.47. The molecule has 1 unspecified atom stereocenters. The lowest BCUT2D eigenvalue weighted by molar-refractivity contribution is 0.640. The number of nitrogens with zero attached hydrogens (tertiary/aromatic N) is 1. The molecule has 0 amide bonds. The van der Waals surface area contributed by atoms with E-state index in [1.165, 1.54) is 37.1 Å². The van der Waals surface area contributed by atoms with Gasteiger partial charge in [-0.3, -0.25) is 0 Å². The van der Waals surface area contributed by atoms with E-state index < -0.39 is 0 Å². The largest absolute Gasteiger partial charge is 0.371 e. The van der Waals surface area contributed by atoms with Crippen molar-refractivity contribution in [3.8, 4) is 0 Å². The lowest BCUT2D eigenvalue weighted by atomic mass is 10.0. The van der Waals surface area contributed by atoms with E-state index in [4.69, 9.17) is 17.3 Å². The van der Waals surface area contributed by atoms with Gasteiger partial charge in [-0.2, -0.15) is 0 Å². The summed E-state index contributed by atoms with van der Waals surface area (Å²) >= 11 is 6.18. The van der Waals surface area contributed by atoms with Crippen LogP contribution in [-0.4, -0.2) is 19.1 Å². The Morgan fingerprint density at radius 2 is 2.10 bits per heavy atom. The van der Waals surface area contributed by atoms with Gasteiger partial charge >= 0.3 is 0 Å². The summed E-state index contributed by atoms with van der Waals surface area (Å²) in [4.78, 5) is 2.53. The van der Waals surface area contributed by atoms with Gasteiger partial charge in [-0.15, -0.1) is 0 Å². The van der Waals surface area contributed by atoms with Crippen LogP contribution in [0.1, 0.15) is 45.1 Å². The predicted molar refractivity (Wildman–Crippen MR) is 88.7 cm³/mol. The molecule has 20 heavy (non-hydrogen) atoms. The summed E-state index contributed by atoms with van der Waals surface area (Å²) < 4.78 is 0. The lowest BCUT2D eigenvalue weighted by Gasteiger charge is -2.28. The van der Waals surface area contributed by atoms with Gasteiger partial charge in [0.05, 0.1) is 0 Å². The highest BCUT2D eigenvalue weighted by Crippen LogP contribution is 2.33. The van der Waals surface area contributed by atoms with Gasteiger partial charge in [-0.25, -0.2) is 0 Å². The van der Waals surface area contributed by atoms with E-state index in [1.807, 2.05) is 6.07 Å². The molecule has 1 fully saturated rings. The van der Waals surface area contributed by atoms with Gasteiger partial charge in [-0.05, 0) is 61.8 Å². The van der Waals surface area contributed by atoms with Gasteiger partial charge in [0.1, 0.15) is 0 Å². The zero-order valence-electron chi connectivity index (χ0n) is 12.7. The molecule has 1 aromatic carbocycles. The topological polar surface area (TPSA) is 29.3 Å². The predicted octanol–water partition coefficient (Wildman–Crippen LogP) is 4.25. The molecule has 1 saturated carbocycles. The van der Waals surface area contributed by atoms with E-state index in [0.717, 1.165) is 30.3 Å². The van der Waals surface area contributed by atoms with Gasteiger partial charge in [0.15, 0.2) is 0 Å². The summed E-state index contributed by atoms with van der Waals surface area (Å²) in [6.07, 6.45) is 5.86. The van der Waals surface area contributed by atoms with Crippen LogP contribution in [0.4, 0.5) is 5.69 Å². The minimum atomic E-state index is 0.219. The molecule has 0 heterocycles. The summed E-state index contributed by atoms with van der Waals surface area (Å²) in [5, 5.41) is 0.815. The van der Waals surface area contributed by atoms with Crippen LogP contribution in [0.3, 0.4) is 0 Å². The number of hydrogen-bond acceptors (Lipinski definition) is 2. The Morgan fingerprint density at radius 3 is 2.70 bits per heavy atom. The Balaban J connectivity index is 2.21. The van der Waals surface area contributed by atoms with Crippen LogP contribution in [0, 0.1) is 5.92 Å². The molecule has 1 atom stereocenters.